The number of aryl methyl sites for hydroxylation is 2. The van der Waals surface area contributed by atoms with Crippen LogP contribution in [-0.2, 0) is 6.54 Å². The van der Waals surface area contributed by atoms with Crippen molar-refractivity contribution in [2.75, 3.05) is 6.61 Å². The second-order valence-corrected chi connectivity index (χ2v) is 6.83. The van der Waals surface area contributed by atoms with Crippen LogP contribution in [0.3, 0.4) is 0 Å². The molecule has 0 saturated heterocycles. The predicted molar refractivity (Wildman–Crippen MR) is 107 cm³/mol. The topological polar surface area (TPSA) is 34.4 Å². The van der Waals surface area contributed by atoms with E-state index in [-0.39, 0.29) is 6.61 Å². The number of hydrogen-bond acceptors (Lipinski definition) is 2. The Hall–Kier alpha value is -2.78. The Morgan fingerprint density at radius 3 is 1.92 bits per heavy atom. The second kappa shape index (κ2) is 6.85. The van der Waals surface area contributed by atoms with Crippen molar-refractivity contribution in [2.24, 2.45) is 0 Å². The number of nitrogens with zero attached hydrogens (tertiary/aromatic N) is 1. The van der Waals surface area contributed by atoms with Crippen molar-refractivity contribution in [1.29, 1.82) is 0 Å². The fourth-order valence-electron chi connectivity index (χ4n) is 3.67. The molecule has 0 saturated carbocycles. The van der Waals surface area contributed by atoms with E-state index in [4.69, 9.17) is 4.74 Å². The molecule has 0 aliphatic rings. The fourth-order valence-corrected chi connectivity index (χ4v) is 3.67. The van der Waals surface area contributed by atoms with Crippen molar-refractivity contribution in [3.05, 3.63) is 77.9 Å². The van der Waals surface area contributed by atoms with Gasteiger partial charge in [0, 0.05) is 21.8 Å². The molecule has 4 aromatic rings. The van der Waals surface area contributed by atoms with Gasteiger partial charge in [0.05, 0.1) is 6.54 Å². The summed E-state index contributed by atoms with van der Waals surface area (Å²) in [6.45, 7) is 4.83. The van der Waals surface area contributed by atoms with E-state index in [2.05, 4.69) is 41.0 Å². The van der Waals surface area contributed by atoms with E-state index in [9.17, 15) is 5.11 Å². The molecule has 0 aliphatic heterocycles. The van der Waals surface area contributed by atoms with Crippen LogP contribution in [0.15, 0.2) is 66.7 Å². The minimum absolute atomic E-state index is 0.270. The first-order chi connectivity index (χ1) is 12.6. The molecule has 0 amide bonds. The number of ether oxygens (including phenoxy) is 1. The summed E-state index contributed by atoms with van der Waals surface area (Å²) in [6.07, 6.45) is -0.590. The van der Waals surface area contributed by atoms with Crippen LogP contribution in [0.2, 0.25) is 0 Å². The number of fused-ring (bicyclic) bond motifs is 3. The van der Waals surface area contributed by atoms with Crippen LogP contribution in [0.5, 0.6) is 5.75 Å². The van der Waals surface area contributed by atoms with Gasteiger partial charge in [0.15, 0.2) is 0 Å². The van der Waals surface area contributed by atoms with E-state index in [1.807, 2.05) is 44.2 Å². The molecule has 0 fully saturated rings. The average molecular weight is 345 g/mol. The fraction of sp³-hybridized carbons (Fsp3) is 0.217. The minimum atomic E-state index is -0.590. The number of aromatic nitrogens is 1. The van der Waals surface area contributed by atoms with Crippen LogP contribution < -0.4 is 4.74 Å². The molecule has 0 unspecified atom stereocenters. The van der Waals surface area contributed by atoms with Crippen LogP contribution >= 0.6 is 0 Å². The summed E-state index contributed by atoms with van der Waals surface area (Å²) in [5, 5.41) is 13.1. The molecule has 3 nitrogen and oxygen atoms in total. The van der Waals surface area contributed by atoms with Crippen molar-refractivity contribution in [3.8, 4) is 5.75 Å². The third kappa shape index (κ3) is 2.95. The maximum Gasteiger partial charge on any atom is 0.125 e. The summed E-state index contributed by atoms with van der Waals surface area (Å²) in [4.78, 5) is 0. The third-order valence-corrected chi connectivity index (χ3v) is 4.90. The van der Waals surface area contributed by atoms with E-state index in [0.29, 0.717) is 6.54 Å². The Bertz CT molecular complexity index is 991. The molecule has 1 atom stereocenters. The summed E-state index contributed by atoms with van der Waals surface area (Å²) >= 11 is 0. The molecule has 3 aromatic carbocycles. The maximum absolute atomic E-state index is 10.6. The number of para-hydroxylation sites is 3. The first-order valence-electron chi connectivity index (χ1n) is 8.98. The highest BCUT2D eigenvalue weighted by molar-refractivity contribution is 6.07. The van der Waals surface area contributed by atoms with Gasteiger partial charge < -0.3 is 14.4 Å². The summed E-state index contributed by atoms with van der Waals surface area (Å²) in [5.74, 6) is 0.869. The van der Waals surface area contributed by atoms with Gasteiger partial charge in [-0.3, -0.25) is 0 Å². The normalized spacial score (nSPS) is 12.6. The molecule has 26 heavy (non-hydrogen) atoms. The molecular weight excluding hydrogens is 322 g/mol. The van der Waals surface area contributed by atoms with Gasteiger partial charge in [0.2, 0.25) is 0 Å². The number of rotatable bonds is 5. The second-order valence-electron chi connectivity index (χ2n) is 6.83. The van der Waals surface area contributed by atoms with Crippen LogP contribution in [0, 0.1) is 13.8 Å². The number of benzene rings is 3. The summed E-state index contributed by atoms with van der Waals surface area (Å²) in [6, 6.07) is 22.7. The van der Waals surface area contributed by atoms with Crippen LogP contribution in [0.1, 0.15) is 11.1 Å². The molecule has 0 radical (unpaired) electrons. The Balaban J connectivity index is 1.60. The maximum atomic E-state index is 10.6. The number of aliphatic hydroxyl groups is 1. The van der Waals surface area contributed by atoms with Crippen LogP contribution in [-0.4, -0.2) is 22.4 Å². The van der Waals surface area contributed by atoms with Gasteiger partial charge in [-0.2, -0.15) is 0 Å². The molecular formula is C23H23NO2. The van der Waals surface area contributed by atoms with Crippen LogP contribution in [0.25, 0.3) is 21.8 Å². The number of hydrogen-bond donors (Lipinski definition) is 1. The first-order valence-corrected chi connectivity index (χ1v) is 8.98. The van der Waals surface area contributed by atoms with Gasteiger partial charge in [0.1, 0.15) is 18.5 Å². The Morgan fingerprint density at radius 2 is 1.35 bits per heavy atom. The van der Waals surface area contributed by atoms with E-state index in [1.165, 1.54) is 10.8 Å². The highest BCUT2D eigenvalue weighted by Crippen LogP contribution is 2.29. The van der Waals surface area contributed by atoms with Crippen LogP contribution in [0.4, 0.5) is 0 Å². The Kier molecular flexibility index (Phi) is 4.39. The van der Waals surface area contributed by atoms with Crippen molar-refractivity contribution in [2.45, 2.75) is 26.5 Å². The lowest BCUT2D eigenvalue weighted by atomic mass is 10.1. The molecule has 1 heterocycles. The SMILES string of the molecule is Cc1cccc(C)c1OC[C@@H](O)Cn1c2ccccc2c2ccccc21. The third-order valence-electron chi connectivity index (χ3n) is 4.90. The zero-order valence-electron chi connectivity index (χ0n) is 15.1. The quantitative estimate of drug-likeness (QED) is 0.561. The Morgan fingerprint density at radius 1 is 0.808 bits per heavy atom. The lowest BCUT2D eigenvalue weighted by molar-refractivity contribution is 0.0938. The van der Waals surface area contributed by atoms with E-state index in [1.54, 1.807) is 0 Å². The summed E-state index contributed by atoms with van der Waals surface area (Å²) < 4.78 is 8.12. The van der Waals surface area contributed by atoms with Crippen molar-refractivity contribution >= 4 is 21.8 Å². The largest absolute Gasteiger partial charge is 0.490 e. The standard InChI is InChI=1S/C23H23NO2/c1-16-8-7-9-17(2)23(16)26-15-18(25)14-24-21-12-5-3-10-19(21)20-11-4-6-13-22(20)24/h3-13,18,25H,14-15H2,1-2H3/t18-/m0/s1. The van der Waals surface area contributed by atoms with Crippen molar-refractivity contribution < 1.29 is 9.84 Å². The lowest BCUT2D eigenvalue weighted by Crippen LogP contribution is -2.24. The molecule has 4 rings (SSSR count). The van der Waals surface area contributed by atoms with Crippen molar-refractivity contribution in [3.63, 3.8) is 0 Å². The molecule has 3 heteroatoms. The summed E-state index contributed by atoms with van der Waals surface area (Å²) in [7, 11) is 0. The van der Waals surface area contributed by atoms with Gasteiger partial charge in [-0.1, -0.05) is 54.6 Å². The predicted octanol–water partition coefficient (Wildman–Crippen LogP) is 4.85. The summed E-state index contributed by atoms with van der Waals surface area (Å²) in [5.41, 5.74) is 4.46. The first kappa shape index (κ1) is 16.7. The zero-order valence-corrected chi connectivity index (χ0v) is 15.1. The van der Waals surface area contributed by atoms with Crippen molar-refractivity contribution in [1.82, 2.24) is 4.57 Å². The lowest BCUT2D eigenvalue weighted by Gasteiger charge is -2.17. The molecule has 1 N–H and O–H groups in total. The zero-order chi connectivity index (χ0) is 18.1. The average Bonchev–Trinajstić information content (AvgIpc) is 2.96. The van der Waals surface area contributed by atoms with Gasteiger partial charge in [-0.15, -0.1) is 0 Å². The molecule has 132 valence electrons. The Labute approximate surface area is 153 Å². The van der Waals surface area contributed by atoms with Gasteiger partial charge in [0.25, 0.3) is 0 Å². The van der Waals surface area contributed by atoms with E-state index >= 15 is 0 Å². The monoisotopic (exact) mass is 345 g/mol. The van der Waals surface area contributed by atoms with Gasteiger partial charge in [-0.25, -0.2) is 0 Å². The molecule has 0 spiro atoms. The molecule has 1 aromatic heterocycles. The highest BCUT2D eigenvalue weighted by atomic mass is 16.5. The number of aliphatic hydroxyl groups excluding tert-OH is 1. The molecule has 0 bridgehead atoms. The minimum Gasteiger partial charge on any atom is -0.490 e. The van der Waals surface area contributed by atoms with E-state index in [0.717, 1.165) is 27.9 Å². The van der Waals surface area contributed by atoms with Gasteiger partial charge in [-0.05, 0) is 37.1 Å². The smallest absolute Gasteiger partial charge is 0.125 e. The highest BCUT2D eigenvalue weighted by Gasteiger charge is 2.14. The van der Waals surface area contributed by atoms with E-state index < -0.39 is 6.10 Å². The van der Waals surface area contributed by atoms with Gasteiger partial charge >= 0.3 is 0 Å². The molecule has 0 aliphatic carbocycles.